The molecule has 0 spiro atoms. The average molecular weight is 500 g/mol. The number of guanidine groups is 1. The van der Waals surface area contributed by atoms with E-state index in [0.29, 0.717) is 39.5 Å². The van der Waals surface area contributed by atoms with E-state index in [0.717, 1.165) is 15.8 Å². The summed E-state index contributed by atoms with van der Waals surface area (Å²) in [6.07, 6.45) is 0. The number of nitrogens with one attached hydrogen (secondary N) is 3. The molecule has 5 rings (SSSR count). The highest BCUT2D eigenvalue weighted by atomic mass is 32.1. The summed E-state index contributed by atoms with van der Waals surface area (Å²) in [5.41, 5.74) is 3.59. The summed E-state index contributed by atoms with van der Waals surface area (Å²) in [6.45, 7) is 1.86. The van der Waals surface area contributed by atoms with Crippen molar-refractivity contribution in [1.29, 1.82) is 0 Å². The van der Waals surface area contributed by atoms with Crippen LogP contribution in [0.4, 0.5) is 10.8 Å². The van der Waals surface area contributed by atoms with Crippen LogP contribution in [0, 0.1) is 0 Å². The molecular weight excluding hydrogens is 474 g/mol. The lowest BCUT2D eigenvalue weighted by atomic mass is 9.95. The summed E-state index contributed by atoms with van der Waals surface area (Å²) in [7, 11) is 3.17. The van der Waals surface area contributed by atoms with Crippen LogP contribution in [0.25, 0.3) is 10.2 Å². The molecule has 4 aromatic rings. The van der Waals surface area contributed by atoms with Crippen molar-refractivity contribution >= 4 is 44.2 Å². The highest BCUT2D eigenvalue weighted by Crippen LogP contribution is 2.37. The monoisotopic (exact) mass is 499 g/mol. The van der Waals surface area contributed by atoms with Crippen LogP contribution in [-0.2, 0) is 4.79 Å². The van der Waals surface area contributed by atoms with Gasteiger partial charge in [-0.05, 0) is 48.9 Å². The molecule has 1 amide bonds. The maximum atomic E-state index is 13.5. The van der Waals surface area contributed by atoms with E-state index < -0.39 is 6.04 Å². The fourth-order valence-corrected chi connectivity index (χ4v) is 4.91. The third kappa shape index (κ3) is 4.73. The molecule has 9 heteroatoms. The van der Waals surface area contributed by atoms with Gasteiger partial charge in [-0.15, -0.1) is 0 Å². The number of allylic oxidation sites excluding steroid dienone is 1. The lowest BCUT2D eigenvalue weighted by molar-refractivity contribution is -0.113. The van der Waals surface area contributed by atoms with Crippen LogP contribution in [0.5, 0.6) is 11.5 Å². The Kier molecular flexibility index (Phi) is 6.55. The van der Waals surface area contributed by atoms with Gasteiger partial charge in [-0.2, -0.15) is 0 Å². The molecule has 3 aromatic carbocycles. The predicted molar refractivity (Wildman–Crippen MR) is 144 cm³/mol. The second-order valence-electron chi connectivity index (χ2n) is 8.09. The molecule has 36 heavy (non-hydrogen) atoms. The number of aromatic nitrogens is 1. The van der Waals surface area contributed by atoms with Crippen LogP contribution in [0.2, 0.25) is 0 Å². The lowest BCUT2D eigenvalue weighted by Gasteiger charge is -2.27. The smallest absolute Gasteiger partial charge is 0.255 e. The molecule has 0 aliphatic carbocycles. The molecule has 182 valence electrons. The number of methoxy groups -OCH3 is 2. The highest BCUT2D eigenvalue weighted by Gasteiger charge is 2.30. The summed E-state index contributed by atoms with van der Waals surface area (Å²) in [5, 5.41) is 10.2. The van der Waals surface area contributed by atoms with Crippen molar-refractivity contribution in [3.8, 4) is 11.5 Å². The fourth-order valence-electron chi connectivity index (χ4n) is 4.04. The number of para-hydroxylation sites is 2. The molecule has 1 aliphatic rings. The van der Waals surface area contributed by atoms with Crippen LogP contribution >= 0.6 is 11.3 Å². The maximum absolute atomic E-state index is 13.5. The number of benzene rings is 3. The zero-order valence-electron chi connectivity index (χ0n) is 20.0. The number of hydrogen-bond acceptors (Lipinski definition) is 8. The molecule has 0 fully saturated rings. The normalized spacial score (nSPS) is 15.2. The Hall–Kier alpha value is -4.37. The summed E-state index contributed by atoms with van der Waals surface area (Å²) in [6, 6.07) is 22.2. The summed E-state index contributed by atoms with van der Waals surface area (Å²) < 4.78 is 12.0. The van der Waals surface area contributed by atoms with Crippen LogP contribution < -0.4 is 25.4 Å². The number of thiazole rings is 1. The van der Waals surface area contributed by atoms with Crippen molar-refractivity contribution in [2.45, 2.75) is 13.0 Å². The molecule has 8 nitrogen and oxygen atoms in total. The SMILES string of the molecule is COc1ccc(C2N=C(Nc3nc4ccccc4s3)NC(C)=C2C(=O)Nc2ccccc2)cc1OC. The van der Waals surface area contributed by atoms with Gasteiger partial charge in [0.2, 0.25) is 5.96 Å². The van der Waals surface area contributed by atoms with E-state index in [9.17, 15) is 4.79 Å². The number of ether oxygens (including phenoxy) is 2. The van der Waals surface area contributed by atoms with Crippen molar-refractivity contribution in [1.82, 2.24) is 10.3 Å². The Morgan fingerprint density at radius 1 is 0.972 bits per heavy atom. The van der Waals surface area contributed by atoms with Crippen molar-refractivity contribution in [3.63, 3.8) is 0 Å². The van der Waals surface area contributed by atoms with Gasteiger partial charge in [0.1, 0.15) is 6.04 Å². The second kappa shape index (κ2) is 10.1. The quantitative estimate of drug-likeness (QED) is 0.331. The predicted octanol–water partition coefficient (Wildman–Crippen LogP) is 5.34. The fraction of sp³-hybridized carbons (Fsp3) is 0.148. The van der Waals surface area contributed by atoms with Crippen LogP contribution in [0.3, 0.4) is 0 Å². The molecule has 2 heterocycles. The van der Waals surface area contributed by atoms with Gasteiger partial charge in [0.15, 0.2) is 16.6 Å². The van der Waals surface area contributed by atoms with E-state index in [2.05, 4.69) is 20.9 Å². The van der Waals surface area contributed by atoms with Gasteiger partial charge in [-0.3, -0.25) is 4.79 Å². The Bertz CT molecular complexity index is 1450. The second-order valence-corrected chi connectivity index (χ2v) is 9.12. The number of anilines is 2. The van der Waals surface area contributed by atoms with E-state index in [1.165, 1.54) is 11.3 Å². The van der Waals surface area contributed by atoms with Gasteiger partial charge in [0, 0.05) is 11.4 Å². The van der Waals surface area contributed by atoms with Crippen LogP contribution in [0.15, 0.2) is 89.1 Å². The van der Waals surface area contributed by atoms with E-state index in [4.69, 9.17) is 14.5 Å². The molecule has 1 aromatic heterocycles. The largest absolute Gasteiger partial charge is 0.493 e. The number of nitrogens with zero attached hydrogens (tertiary/aromatic N) is 2. The average Bonchev–Trinajstić information content (AvgIpc) is 3.30. The molecule has 0 bridgehead atoms. The topological polar surface area (TPSA) is 96.9 Å². The van der Waals surface area contributed by atoms with E-state index in [1.807, 2.05) is 79.7 Å². The molecule has 3 N–H and O–H groups in total. The molecule has 0 saturated heterocycles. The highest BCUT2D eigenvalue weighted by molar-refractivity contribution is 7.22. The zero-order valence-corrected chi connectivity index (χ0v) is 20.8. The van der Waals surface area contributed by atoms with Crippen molar-refractivity contribution < 1.29 is 14.3 Å². The minimum atomic E-state index is -0.591. The molecule has 1 atom stereocenters. The minimum Gasteiger partial charge on any atom is -0.493 e. The number of carbonyl (C=O) groups is 1. The van der Waals surface area contributed by atoms with E-state index in [1.54, 1.807) is 14.2 Å². The standard InChI is InChI=1S/C27H25N5O3S/c1-16-23(25(33)29-18-9-5-4-6-10-18)24(17-13-14-20(34-2)21(15-17)35-3)31-26(28-16)32-27-30-19-11-7-8-12-22(19)36-27/h4-15,24H,1-3H3,(H,29,33)(H2,28,30,31,32). The van der Waals surface area contributed by atoms with Gasteiger partial charge in [-0.1, -0.05) is 47.7 Å². The number of fused-ring (bicyclic) bond motifs is 1. The molecule has 0 saturated carbocycles. The third-order valence-corrected chi connectivity index (χ3v) is 6.71. The first kappa shape index (κ1) is 23.4. The van der Waals surface area contributed by atoms with Gasteiger partial charge < -0.3 is 25.4 Å². The number of hydrogen-bond donors (Lipinski definition) is 3. The van der Waals surface area contributed by atoms with Gasteiger partial charge in [-0.25, -0.2) is 9.98 Å². The van der Waals surface area contributed by atoms with Gasteiger partial charge in [0.05, 0.1) is 30.0 Å². The summed E-state index contributed by atoms with van der Waals surface area (Å²) >= 11 is 1.53. The first-order chi connectivity index (χ1) is 17.6. The van der Waals surface area contributed by atoms with Crippen LogP contribution in [0.1, 0.15) is 18.5 Å². The number of aliphatic imine (C=N–C) groups is 1. The first-order valence-electron chi connectivity index (χ1n) is 11.3. The third-order valence-electron chi connectivity index (χ3n) is 5.76. The maximum Gasteiger partial charge on any atom is 0.255 e. The molecule has 0 radical (unpaired) electrons. The summed E-state index contributed by atoms with van der Waals surface area (Å²) in [4.78, 5) is 23.0. The van der Waals surface area contributed by atoms with E-state index >= 15 is 0 Å². The van der Waals surface area contributed by atoms with Gasteiger partial charge in [0.25, 0.3) is 5.91 Å². The number of rotatable bonds is 6. The van der Waals surface area contributed by atoms with Gasteiger partial charge >= 0.3 is 0 Å². The van der Waals surface area contributed by atoms with Crippen molar-refractivity contribution in [2.24, 2.45) is 4.99 Å². The van der Waals surface area contributed by atoms with Crippen molar-refractivity contribution in [3.05, 3.63) is 89.6 Å². The minimum absolute atomic E-state index is 0.242. The van der Waals surface area contributed by atoms with Crippen LogP contribution in [-0.4, -0.2) is 31.1 Å². The Labute approximate surface area is 212 Å². The number of carbonyl (C=O) groups excluding carboxylic acids is 1. The Morgan fingerprint density at radius 3 is 2.47 bits per heavy atom. The Morgan fingerprint density at radius 2 is 1.72 bits per heavy atom. The molecule has 1 aliphatic heterocycles. The molecular formula is C27H25N5O3S. The molecule has 1 unspecified atom stereocenters. The van der Waals surface area contributed by atoms with E-state index in [-0.39, 0.29) is 5.91 Å². The first-order valence-corrected chi connectivity index (χ1v) is 12.1. The summed E-state index contributed by atoms with van der Waals surface area (Å²) in [5.74, 6) is 1.42. The number of amides is 1. The zero-order chi connectivity index (χ0) is 25.1. The van der Waals surface area contributed by atoms with Crippen molar-refractivity contribution in [2.75, 3.05) is 24.9 Å². The lowest BCUT2D eigenvalue weighted by Crippen LogP contribution is -2.37. The Balaban J connectivity index is 1.52.